The van der Waals surface area contributed by atoms with Crippen molar-refractivity contribution >= 4 is 33.0 Å². The molecule has 0 radical (unpaired) electrons. The summed E-state index contributed by atoms with van der Waals surface area (Å²) in [6.07, 6.45) is 1.16. The second-order valence-corrected chi connectivity index (χ2v) is 6.92. The number of alkyl halides is 1. The van der Waals surface area contributed by atoms with Crippen molar-refractivity contribution in [1.29, 1.82) is 0 Å². The number of hydrogen-bond acceptors (Lipinski definition) is 3. The summed E-state index contributed by atoms with van der Waals surface area (Å²) in [6, 6.07) is 11.4. The zero-order valence-electron chi connectivity index (χ0n) is 10.6. The first-order chi connectivity index (χ1) is 9.40. The van der Waals surface area contributed by atoms with E-state index in [9.17, 15) is 8.42 Å². The van der Waals surface area contributed by atoms with Crippen LogP contribution in [-0.4, -0.2) is 14.7 Å². The molecule has 0 aliphatic rings. The minimum atomic E-state index is -3.20. The lowest BCUT2D eigenvalue weighted by atomic mass is 10.2. The van der Waals surface area contributed by atoms with E-state index in [1.807, 2.05) is 0 Å². The van der Waals surface area contributed by atoms with Gasteiger partial charge in [-0.25, -0.2) is 8.42 Å². The van der Waals surface area contributed by atoms with E-state index >= 15 is 0 Å². The molecule has 0 atom stereocenters. The van der Waals surface area contributed by atoms with Crippen LogP contribution in [0.4, 0.5) is 0 Å². The minimum Gasteiger partial charge on any atom is -0.457 e. The van der Waals surface area contributed by atoms with E-state index in [4.69, 9.17) is 27.9 Å². The Hall–Kier alpha value is -1.23. The fourth-order valence-corrected chi connectivity index (χ4v) is 2.76. The Morgan fingerprint density at radius 2 is 1.65 bits per heavy atom. The Morgan fingerprint density at radius 3 is 2.15 bits per heavy atom. The van der Waals surface area contributed by atoms with Crippen LogP contribution in [0.2, 0.25) is 5.02 Å². The molecule has 0 unspecified atom stereocenters. The number of benzene rings is 2. The van der Waals surface area contributed by atoms with Gasteiger partial charge < -0.3 is 4.74 Å². The third-order valence-electron chi connectivity index (χ3n) is 2.66. The molecule has 0 fully saturated rings. The van der Waals surface area contributed by atoms with Crippen molar-refractivity contribution in [3.05, 3.63) is 53.1 Å². The van der Waals surface area contributed by atoms with Gasteiger partial charge in [0.05, 0.1) is 4.90 Å². The van der Waals surface area contributed by atoms with Crippen LogP contribution in [0.5, 0.6) is 11.5 Å². The fourth-order valence-electron chi connectivity index (χ4n) is 1.59. The van der Waals surface area contributed by atoms with Crippen LogP contribution in [0.3, 0.4) is 0 Å². The van der Waals surface area contributed by atoms with Crippen LogP contribution in [-0.2, 0) is 15.7 Å². The minimum absolute atomic E-state index is 0.250. The summed E-state index contributed by atoms with van der Waals surface area (Å²) in [7, 11) is -3.20. The lowest BCUT2D eigenvalue weighted by molar-refractivity contribution is 0.482. The van der Waals surface area contributed by atoms with E-state index in [1.165, 1.54) is 12.1 Å². The Balaban J connectivity index is 2.20. The number of hydrogen-bond donors (Lipinski definition) is 0. The van der Waals surface area contributed by atoms with Crippen LogP contribution in [0, 0.1) is 0 Å². The highest BCUT2D eigenvalue weighted by Crippen LogP contribution is 2.28. The molecule has 6 heteroatoms. The molecule has 0 heterocycles. The van der Waals surface area contributed by atoms with E-state index in [1.54, 1.807) is 30.3 Å². The molecule has 2 aromatic carbocycles. The SMILES string of the molecule is CS(=O)(=O)c1ccc(Oc2ccc(CCl)c(Cl)c2)cc1. The van der Waals surface area contributed by atoms with Crippen molar-refractivity contribution < 1.29 is 13.2 Å². The molecule has 0 aliphatic heterocycles. The molecule has 0 aliphatic carbocycles. The topological polar surface area (TPSA) is 43.4 Å². The van der Waals surface area contributed by atoms with Gasteiger partial charge in [0.1, 0.15) is 11.5 Å². The summed E-state index contributed by atoms with van der Waals surface area (Å²) in [5, 5.41) is 0.533. The standard InChI is InChI=1S/C14H12Cl2O3S/c1-20(17,18)13-6-4-11(5-7-13)19-12-3-2-10(9-15)14(16)8-12/h2-8H,9H2,1H3. The number of halogens is 2. The van der Waals surface area contributed by atoms with E-state index in [0.717, 1.165) is 11.8 Å². The molecule has 2 aromatic rings. The van der Waals surface area contributed by atoms with E-state index in [2.05, 4.69) is 0 Å². The highest BCUT2D eigenvalue weighted by Gasteiger charge is 2.07. The van der Waals surface area contributed by atoms with Crippen molar-refractivity contribution in [3.8, 4) is 11.5 Å². The van der Waals surface area contributed by atoms with Gasteiger partial charge in [-0.3, -0.25) is 0 Å². The van der Waals surface area contributed by atoms with Crippen molar-refractivity contribution in [2.45, 2.75) is 10.8 Å². The van der Waals surface area contributed by atoms with Crippen molar-refractivity contribution in [2.24, 2.45) is 0 Å². The maximum absolute atomic E-state index is 11.3. The highest BCUT2D eigenvalue weighted by molar-refractivity contribution is 7.90. The Labute approximate surface area is 128 Å². The molecule has 0 N–H and O–H groups in total. The molecule has 0 bridgehead atoms. The van der Waals surface area contributed by atoms with E-state index in [0.29, 0.717) is 22.4 Å². The third kappa shape index (κ3) is 3.66. The zero-order chi connectivity index (χ0) is 14.8. The molecule has 3 nitrogen and oxygen atoms in total. The molecule has 0 saturated carbocycles. The van der Waals surface area contributed by atoms with E-state index < -0.39 is 9.84 Å². The third-order valence-corrected chi connectivity index (χ3v) is 4.42. The van der Waals surface area contributed by atoms with Gasteiger partial charge in [0.2, 0.25) is 0 Å². The normalized spacial score (nSPS) is 11.3. The molecule has 0 saturated heterocycles. The van der Waals surface area contributed by atoms with Crippen LogP contribution < -0.4 is 4.74 Å². The predicted molar refractivity (Wildman–Crippen MR) is 80.6 cm³/mol. The van der Waals surface area contributed by atoms with Gasteiger partial charge in [-0.1, -0.05) is 17.7 Å². The summed E-state index contributed by atoms with van der Waals surface area (Å²) >= 11 is 11.8. The highest BCUT2D eigenvalue weighted by atomic mass is 35.5. The van der Waals surface area contributed by atoms with Gasteiger partial charge in [0.15, 0.2) is 9.84 Å². The molecule has 20 heavy (non-hydrogen) atoms. The second kappa shape index (κ2) is 6.04. The summed E-state index contributed by atoms with van der Waals surface area (Å²) in [5.41, 5.74) is 0.827. The van der Waals surface area contributed by atoms with Gasteiger partial charge >= 0.3 is 0 Å². The van der Waals surface area contributed by atoms with Gasteiger partial charge in [0, 0.05) is 17.2 Å². The summed E-state index contributed by atoms with van der Waals surface area (Å²) < 4.78 is 28.3. The Kier molecular flexibility index (Phi) is 4.58. The lowest BCUT2D eigenvalue weighted by Gasteiger charge is -2.08. The van der Waals surface area contributed by atoms with Gasteiger partial charge in [-0.2, -0.15) is 0 Å². The molecule has 0 amide bonds. The molecule has 2 rings (SSSR count). The monoisotopic (exact) mass is 330 g/mol. The van der Waals surface area contributed by atoms with Gasteiger partial charge in [0.25, 0.3) is 0 Å². The lowest BCUT2D eigenvalue weighted by Crippen LogP contribution is -1.96. The molecule has 106 valence electrons. The second-order valence-electron chi connectivity index (χ2n) is 4.23. The molecular formula is C14H12Cl2O3S. The summed E-state index contributed by atoms with van der Waals surface area (Å²) in [4.78, 5) is 0.250. The summed E-state index contributed by atoms with van der Waals surface area (Å²) in [6.45, 7) is 0. The van der Waals surface area contributed by atoms with Crippen LogP contribution in [0.15, 0.2) is 47.4 Å². The molecule has 0 spiro atoms. The van der Waals surface area contributed by atoms with Crippen molar-refractivity contribution in [3.63, 3.8) is 0 Å². The predicted octanol–water partition coefficient (Wildman–Crippen LogP) is 4.27. The van der Waals surface area contributed by atoms with E-state index in [-0.39, 0.29) is 4.90 Å². The van der Waals surface area contributed by atoms with Crippen LogP contribution >= 0.6 is 23.2 Å². The number of rotatable bonds is 4. The zero-order valence-corrected chi connectivity index (χ0v) is 13.0. The van der Waals surface area contributed by atoms with Crippen molar-refractivity contribution in [2.75, 3.05) is 6.26 Å². The summed E-state index contributed by atoms with van der Waals surface area (Å²) in [5.74, 6) is 1.44. The first kappa shape index (κ1) is 15.2. The van der Waals surface area contributed by atoms with Crippen LogP contribution in [0.25, 0.3) is 0 Å². The first-order valence-electron chi connectivity index (χ1n) is 5.72. The number of sulfone groups is 1. The largest absolute Gasteiger partial charge is 0.457 e. The fraction of sp³-hybridized carbons (Fsp3) is 0.143. The first-order valence-corrected chi connectivity index (χ1v) is 8.53. The van der Waals surface area contributed by atoms with Gasteiger partial charge in [-0.05, 0) is 42.0 Å². The van der Waals surface area contributed by atoms with Crippen molar-refractivity contribution in [1.82, 2.24) is 0 Å². The van der Waals surface area contributed by atoms with Gasteiger partial charge in [-0.15, -0.1) is 11.6 Å². The Morgan fingerprint density at radius 1 is 1.05 bits per heavy atom. The number of ether oxygens (including phenoxy) is 1. The maximum atomic E-state index is 11.3. The molecular weight excluding hydrogens is 319 g/mol. The Bertz CT molecular complexity index is 710. The van der Waals surface area contributed by atoms with Crippen LogP contribution in [0.1, 0.15) is 5.56 Å². The molecule has 0 aromatic heterocycles. The quantitative estimate of drug-likeness (QED) is 0.786. The smallest absolute Gasteiger partial charge is 0.175 e. The maximum Gasteiger partial charge on any atom is 0.175 e. The average molecular weight is 331 g/mol. The average Bonchev–Trinajstić information content (AvgIpc) is 2.38.